The summed E-state index contributed by atoms with van der Waals surface area (Å²) in [7, 11) is -0.279. The van der Waals surface area contributed by atoms with Gasteiger partial charge in [-0.3, -0.25) is 0 Å². The van der Waals surface area contributed by atoms with Crippen LogP contribution in [0.15, 0.2) is 17.2 Å². The minimum Gasteiger partial charge on any atom is -0.502 e. The molecule has 3 heterocycles. The standard InChI is InChI=1S/C20H25N5O6S/c1-29-16-9-13(10-17(30-2)18(16)26)11-21-24-20-22-15-3-8-32(27,28)12-14(15)19(23-20)25-4-6-31-7-5-25/h9-11,26H,3-8,12H2,1-2H3,(H,22,23,24)/b21-11+. The van der Waals surface area contributed by atoms with Crippen molar-refractivity contribution in [2.45, 2.75) is 12.2 Å². The van der Waals surface area contributed by atoms with Gasteiger partial charge < -0.3 is 24.2 Å². The molecule has 1 fully saturated rings. The van der Waals surface area contributed by atoms with Gasteiger partial charge in [-0.25, -0.2) is 18.8 Å². The number of nitrogens with zero attached hydrogens (tertiary/aromatic N) is 4. The quantitative estimate of drug-likeness (QED) is 0.471. The maximum Gasteiger partial charge on any atom is 0.245 e. The molecule has 0 bridgehead atoms. The first-order chi connectivity index (χ1) is 15.4. The Labute approximate surface area is 186 Å². The second-order valence-electron chi connectivity index (χ2n) is 7.38. The summed E-state index contributed by atoms with van der Waals surface area (Å²) in [5.74, 6) is 1.30. The Hall–Kier alpha value is -3.12. The molecule has 0 amide bonds. The number of hydrazone groups is 1. The van der Waals surface area contributed by atoms with E-state index in [1.165, 1.54) is 20.4 Å². The van der Waals surface area contributed by atoms with E-state index < -0.39 is 9.84 Å². The molecule has 4 rings (SSSR count). The molecule has 0 radical (unpaired) electrons. The van der Waals surface area contributed by atoms with Crippen LogP contribution in [0.5, 0.6) is 17.2 Å². The van der Waals surface area contributed by atoms with Gasteiger partial charge in [0.05, 0.1) is 50.8 Å². The first kappa shape index (κ1) is 22.1. The molecular formula is C20H25N5O6S. The van der Waals surface area contributed by atoms with Gasteiger partial charge in [0.1, 0.15) is 5.82 Å². The third-order valence-corrected chi connectivity index (χ3v) is 6.83. The van der Waals surface area contributed by atoms with E-state index in [0.29, 0.717) is 55.4 Å². The summed E-state index contributed by atoms with van der Waals surface area (Å²) in [6.07, 6.45) is 1.86. The number of benzene rings is 1. The number of nitrogens with one attached hydrogen (secondary N) is 1. The van der Waals surface area contributed by atoms with E-state index in [4.69, 9.17) is 14.2 Å². The number of rotatable bonds is 6. The van der Waals surface area contributed by atoms with Crippen LogP contribution in [0.2, 0.25) is 0 Å². The fraction of sp³-hybridized carbons (Fsp3) is 0.450. The molecule has 2 N–H and O–H groups in total. The molecule has 0 aliphatic carbocycles. The topological polar surface area (TPSA) is 135 Å². The molecule has 0 unspecified atom stereocenters. The monoisotopic (exact) mass is 463 g/mol. The average Bonchev–Trinajstić information content (AvgIpc) is 2.79. The first-order valence-corrected chi connectivity index (χ1v) is 11.9. The lowest BCUT2D eigenvalue weighted by atomic mass is 10.1. The number of phenols is 1. The normalized spacial score (nSPS) is 17.8. The van der Waals surface area contributed by atoms with Crippen LogP contribution in [0.3, 0.4) is 0 Å². The third-order valence-electron chi connectivity index (χ3n) is 5.28. The van der Waals surface area contributed by atoms with Crippen LogP contribution >= 0.6 is 0 Å². The summed E-state index contributed by atoms with van der Waals surface area (Å²) in [6, 6.07) is 3.22. The molecule has 172 valence electrons. The third kappa shape index (κ3) is 4.70. The van der Waals surface area contributed by atoms with E-state index in [1.807, 2.05) is 4.90 Å². The Bertz CT molecular complexity index is 1110. The molecule has 0 atom stereocenters. The van der Waals surface area contributed by atoms with Crippen molar-refractivity contribution < 1.29 is 27.7 Å². The van der Waals surface area contributed by atoms with E-state index in [2.05, 4.69) is 20.5 Å². The summed E-state index contributed by atoms with van der Waals surface area (Å²) < 4.78 is 40.2. The van der Waals surface area contributed by atoms with Gasteiger partial charge in [-0.2, -0.15) is 10.1 Å². The zero-order valence-corrected chi connectivity index (χ0v) is 18.7. The number of aromatic hydroxyl groups is 1. The van der Waals surface area contributed by atoms with Gasteiger partial charge in [0.15, 0.2) is 21.3 Å². The molecule has 32 heavy (non-hydrogen) atoms. The molecule has 1 aromatic carbocycles. The molecular weight excluding hydrogens is 438 g/mol. The smallest absolute Gasteiger partial charge is 0.245 e. The summed E-state index contributed by atoms with van der Waals surface area (Å²) in [4.78, 5) is 11.1. The number of phenolic OH excluding ortho intramolecular Hbond substituents is 1. The highest BCUT2D eigenvalue weighted by Gasteiger charge is 2.29. The van der Waals surface area contributed by atoms with Crippen LogP contribution in [-0.4, -0.2) is 76.0 Å². The SMILES string of the molecule is COc1cc(/C=N/Nc2nc3c(c(N4CCOCC4)n2)CS(=O)(=O)CC3)cc(OC)c1O. The van der Waals surface area contributed by atoms with Crippen molar-refractivity contribution in [2.24, 2.45) is 5.10 Å². The zero-order chi connectivity index (χ0) is 22.7. The average molecular weight is 464 g/mol. The van der Waals surface area contributed by atoms with Gasteiger partial charge in [0.2, 0.25) is 11.7 Å². The van der Waals surface area contributed by atoms with Crippen LogP contribution in [0.25, 0.3) is 0 Å². The van der Waals surface area contributed by atoms with Gasteiger partial charge in [-0.15, -0.1) is 0 Å². The lowest BCUT2D eigenvalue weighted by Gasteiger charge is -2.31. The number of hydrogen-bond acceptors (Lipinski definition) is 11. The van der Waals surface area contributed by atoms with Gasteiger partial charge in [0, 0.05) is 30.6 Å². The molecule has 0 spiro atoms. The fourth-order valence-corrected chi connectivity index (χ4v) is 5.04. The van der Waals surface area contributed by atoms with E-state index in [9.17, 15) is 13.5 Å². The van der Waals surface area contributed by atoms with Gasteiger partial charge in [-0.05, 0) is 12.1 Å². The minimum absolute atomic E-state index is 0.0638. The Balaban J connectivity index is 1.62. The van der Waals surface area contributed by atoms with E-state index in [0.717, 1.165) is 0 Å². The molecule has 11 nitrogen and oxygen atoms in total. The number of fused-ring (bicyclic) bond motifs is 1. The molecule has 1 saturated heterocycles. The van der Waals surface area contributed by atoms with E-state index >= 15 is 0 Å². The van der Waals surface area contributed by atoms with Crippen molar-refractivity contribution in [1.29, 1.82) is 0 Å². The molecule has 1 aromatic heterocycles. The second kappa shape index (κ2) is 9.17. The van der Waals surface area contributed by atoms with E-state index in [-0.39, 0.29) is 34.7 Å². The predicted molar refractivity (Wildman–Crippen MR) is 119 cm³/mol. The number of morpholine rings is 1. The largest absolute Gasteiger partial charge is 0.502 e. The van der Waals surface area contributed by atoms with Crippen molar-refractivity contribution in [3.05, 3.63) is 29.0 Å². The highest BCUT2D eigenvalue weighted by atomic mass is 32.2. The van der Waals surface area contributed by atoms with Gasteiger partial charge in [-0.1, -0.05) is 0 Å². The van der Waals surface area contributed by atoms with E-state index in [1.54, 1.807) is 12.1 Å². The fourth-order valence-electron chi connectivity index (χ4n) is 3.66. The number of aromatic nitrogens is 2. The van der Waals surface area contributed by atoms with Gasteiger partial charge >= 0.3 is 0 Å². The van der Waals surface area contributed by atoms with Crippen molar-refractivity contribution in [3.63, 3.8) is 0 Å². The van der Waals surface area contributed by atoms with Crippen molar-refractivity contribution in [1.82, 2.24) is 9.97 Å². The van der Waals surface area contributed by atoms with Crippen LogP contribution in [0.4, 0.5) is 11.8 Å². The Kier molecular flexibility index (Phi) is 6.33. The van der Waals surface area contributed by atoms with Crippen molar-refractivity contribution >= 4 is 27.8 Å². The van der Waals surface area contributed by atoms with Crippen LogP contribution in [-0.2, 0) is 26.7 Å². The number of methoxy groups -OCH3 is 2. The van der Waals surface area contributed by atoms with Crippen LogP contribution in [0.1, 0.15) is 16.8 Å². The lowest BCUT2D eigenvalue weighted by molar-refractivity contribution is 0.122. The number of anilines is 2. The van der Waals surface area contributed by atoms with Crippen molar-refractivity contribution in [3.8, 4) is 17.2 Å². The summed E-state index contributed by atoms with van der Waals surface area (Å²) in [6.45, 7) is 2.35. The van der Waals surface area contributed by atoms with Gasteiger partial charge in [0.25, 0.3) is 0 Å². The number of hydrogen-bond donors (Lipinski definition) is 2. The molecule has 12 heteroatoms. The summed E-state index contributed by atoms with van der Waals surface area (Å²) in [5.41, 5.74) is 4.82. The Morgan fingerprint density at radius 2 is 1.88 bits per heavy atom. The zero-order valence-electron chi connectivity index (χ0n) is 17.9. The molecule has 2 aliphatic heterocycles. The lowest BCUT2D eigenvalue weighted by Crippen LogP contribution is -2.38. The highest BCUT2D eigenvalue weighted by Crippen LogP contribution is 2.36. The number of sulfone groups is 1. The first-order valence-electron chi connectivity index (χ1n) is 10.1. The van der Waals surface area contributed by atoms with Crippen molar-refractivity contribution in [2.75, 3.05) is 56.6 Å². The molecule has 0 saturated carbocycles. The predicted octanol–water partition coefficient (Wildman–Crippen LogP) is 0.953. The number of ether oxygens (including phenoxy) is 3. The molecule has 2 aromatic rings. The summed E-state index contributed by atoms with van der Waals surface area (Å²) in [5, 5.41) is 14.2. The minimum atomic E-state index is -3.17. The molecule has 2 aliphatic rings. The maximum atomic E-state index is 12.2. The Morgan fingerprint density at radius 3 is 2.53 bits per heavy atom. The Morgan fingerprint density at radius 1 is 1.19 bits per heavy atom. The second-order valence-corrected chi connectivity index (χ2v) is 9.57. The van der Waals surface area contributed by atoms with Crippen LogP contribution in [0, 0.1) is 0 Å². The summed E-state index contributed by atoms with van der Waals surface area (Å²) >= 11 is 0. The van der Waals surface area contributed by atoms with Crippen LogP contribution < -0.4 is 19.8 Å². The number of aryl methyl sites for hydroxylation is 1. The maximum absolute atomic E-state index is 12.2. The highest BCUT2D eigenvalue weighted by molar-refractivity contribution is 7.90.